The van der Waals surface area contributed by atoms with Crippen molar-refractivity contribution < 1.29 is 0 Å². The summed E-state index contributed by atoms with van der Waals surface area (Å²) in [6.07, 6.45) is 6.27. The monoisotopic (exact) mass is 602 g/mol. The molecule has 3 heterocycles. The second-order valence-corrected chi connectivity index (χ2v) is 16.0. The van der Waals surface area contributed by atoms with Crippen molar-refractivity contribution in [3.8, 4) is 0 Å². The molecule has 4 aromatic carbocycles. The Balaban J connectivity index is 1.40. The smallest absolute Gasteiger partial charge is 0.260 e. The van der Waals surface area contributed by atoms with Gasteiger partial charge in [0.2, 0.25) is 0 Å². The predicted molar refractivity (Wildman–Crippen MR) is 195 cm³/mol. The van der Waals surface area contributed by atoms with Crippen LogP contribution in [-0.2, 0) is 0 Å². The van der Waals surface area contributed by atoms with Gasteiger partial charge in [-0.05, 0) is 96.4 Å². The second-order valence-electron chi connectivity index (χ2n) is 14.9. The van der Waals surface area contributed by atoms with Crippen LogP contribution in [0.5, 0.6) is 0 Å². The zero-order valence-electron chi connectivity index (χ0n) is 26.9. The lowest BCUT2D eigenvalue weighted by atomic mass is 9.33. The standard InChI is InChI=1S/C41H39BN2S/c1-26-14-9-11-18-32(26)44-34-20-13-19-33-37(34)42(39-38(44)28-17-10-12-21-36(28)45-39)31-24-29-30(41(4,5)23-22-40(29,2)3)25-35(31)43(33)27-15-7-6-8-16-27/h6-21,25,29H,22-24H2,1-5H3. The van der Waals surface area contributed by atoms with Crippen molar-refractivity contribution in [2.45, 2.75) is 53.9 Å². The highest BCUT2D eigenvalue weighted by Gasteiger charge is 2.52. The van der Waals surface area contributed by atoms with E-state index in [1.54, 1.807) is 11.0 Å². The van der Waals surface area contributed by atoms with E-state index >= 15 is 0 Å². The molecule has 2 nitrogen and oxygen atoms in total. The summed E-state index contributed by atoms with van der Waals surface area (Å²) in [7, 11) is 0. The second kappa shape index (κ2) is 9.50. The van der Waals surface area contributed by atoms with Gasteiger partial charge >= 0.3 is 0 Å². The van der Waals surface area contributed by atoms with Gasteiger partial charge in [0.15, 0.2) is 0 Å². The summed E-state index contributed by atoms with van der Waals surface area (Å²) < 4.78 is 2.86. The van der Waals surface area contributed by atoms with Crippen molar-refractivity contribution >= 4 is 66.8 Å². The number of rotatable bonds is 2. The lowest BCUT2D eigenvalue weighted by Crippen LogP contribution is -2.56. The molecule has 1 aromatic heterocycles. The first-order valence-electron chi connectivity index (χ1n) is 16.5. The van der Waals surface area contributed by atoms with Crippen molar-refractivity contribution in [1.82, 2.24) is 0 Å². The summed E-state index contributed by atoms with van der Waals surface area (Å²) in [4.78, 5) is 5.19. The molecule has 222 valence electrons. The molecular formula is C41H39BN2S. The van der Waals surface area contributed by atoms with Crippen molar-refractivity contribution in [2.24, 2.45) is 16.7 Å². The van der Waals surface area contributed by atoms with Crippen LogP contribution >= 0.6 is 11.3 Å². The maximum atomic E-state index is 2.65. The lowest BCUT2D eigenvalue weighted by molar-refractivity contribution is 0.122. The van der Waals surface area contributed by atoms with Crippen molar-refractivity contribution in [2.75, 3.05) is 9.80 Å². The number of hydrogen-bond acceptors (Lipinski definition) is 3. The first kappa shape index (κ1) is 27.3. The topological polar surface area (TPSA) is 6.48 Å². The van der Waals surface area contributed by atoms with Crippen LogP contribution in [0.1, 0.15) is 52.5 Å². The molecular weight excluding hydrogens is 563 g/mol. The number of thiophene rings is 1. The minimum atomic E-state index is 0.195. The molecule has 2 aliphatic carbocycles. The third-order valence-corrected chi connectivity index (χ3v) is 12.6. The first-order chi connectivity index (χ1) is 21.7. The highest BCUT2D eigenvalue weighted by molar-refractivity contribution is 7.32. The molecule has 0 amide bonds. The van der Waals surface area contributed by atoms with Crippen LogP contribution in [0.2, 0.25) is 0 Å². The molecule has 1 unspecified atom stereocenters. The van der Waals surface area contributed by atoms with Crippen LogP contribution in [0.15, 0.2) is 120 Å². The summed E-state index contributed by atoms with van der Waals surface area (Å²) in [5.41, 5.74) is 14.4. The van der Waals surface area contributed by atoms with E-state index in [1.807, 2.05) is 11.3 Å². The fraction of sp³-hybridized carbons (Fsp3) is 0.268. The summed E-state index contributed by atoms with van der Waals surface area (Å²) in [6, 6.07) is 36.1. The number of anilines is 5. The van der Waals surface area contributed by atoms with Crippen LogP contribution in [0, 0.1) is 23.7 Å². The van der Waals surface area contributed by atoms with Gasteiger partial charge in [-0.2, -0.15) is 0 Å². The molecule has 0 bridgehead atoms. The molecule has 0 N–H and O–H groups in total. The Hall–Kier alpha value is -4.02. The highest BCUT2D eigenvalue weighted by atomic mass is 32.1. The summed E-state index contributed by atoms with van der Waals surface area (Å²) >= 11 is 2.01. The Morgan fingerprint density at radius 2 is 1.42 bits per heavy atom. The highest BCUT2D eigenvalue weighted by Crippen LogP contribution is 2.59. The van der Waals surface area contributed by atoms with E-state index in [4.69, 9.17) is 0 Å². The maximum absolute atomic E-state index is 2.65. The molecule has 1 saturated carbocycles. The molecule has 1 fully saturated rings. The third kappa shape index (κ3) is 3.81. The average molecular weight is 603 g/mol. The summed E-state index contributed by atoms with van der Waals surface area (Å²) in [5, 5.41) is 1.36. The van der Waals surface area contributed by atoms with Gasteiger partial charge in [0.1, 0.15) is 0 Å². The van der Waals surface area contributed by atoms with Gasteiger partial charge in [-0.3, -0.25) is 0 Å². The summed E-state index contributed by atoms with van der Waals surface area (Å²) in [5.74, 6) is 0.540. The Kier molecular flexibility index (Phi) is 5.76. The van der Waals surface area contributed by atoms with Gasteiger partial charge in [0.05, 0.1) is 5.69 Å². The number of allylic oxidation sites excluding steroid dienone is 3. The largest absolute Gasteiger partial charge is 0.312 e. The van der Waals surface area contributed by atoms with Crippen molar-refractivity contribution in [1.29, 1.82) is 0 Å². The van der Waals surface area contributed by atoms with Crippen LogP contribution < -0.4 is 20.0 Å². The molecule has 45 heavy (non-hydrogen) atoms. The van der Waals surface area contributed by atoms with Crippen molar-refractivity contribution in [3.05, 3.63) is 125 Å². The molecule has 5 aromatic rings. The minimum absolute atomic E-state index is 0.195. The first-order valence-corrected chi connectivity index (χ1v) is 17.4. The van der Waals surface area contributed by atoms with E-state index in [9.17, 15) is 0 Å². The van der Waals surface area contributed by atoms with Crippen LogP contribution in [-0.4, -0.2) is 6.71 Å². The van der Waals surface area contributed by atoms with E-state index < -0.39 is 0 Å². The molecule has 2 aliphatic heterocycles. The zero-order valence-corrected chi connectivity index (χ0v) is 27.7. The van der Waals surface area contributed by atoms with Crippen LogP contribution in [0.4, 0.5) is 28.4 Å². The molecule has 4 aliphatic rings. The fourth-order valence-electron chi connectivity index (χ4n) is 8.90. The quantitative estimate of drug-likeness (QED) is 0.186. The van der Waals surface area contributed by atoms with E-state index in [1.165, 1.54) is 72.9 Å². The molecule has 0 radical (unpaired) electrons. The molecule has 9 rings (SSSR count). The third-order valence-electron chi connectivity index (χ3n) is 11.4. The number of fused-ring (bicyclic) bond motifs is 6. The average Bonchev–Trinajstić information content (AvgIpc) is 3.43. The van der Waals surface area contributed by atoms with E-state index in [2.05, 4.69) is 148 Å². The van der Waals surface area contributed by atoms with Gasteiger partial charge in [-0.25, -0.2) is 0 Å². The fourth-order valence-corrected chi connectivity index (χ4v) is 10.2. The number of aryl methyl sites for hydroxylation is 1. The lowest BCUT2D eigenvalue weighted by Gasteiger charge is -2.53. The maximum Gasteiger partial charge on any atom is 0.260 e. The van der Waals surface area contributed by atoms with E-state index in [0.29, 0.717) is 5.92 Å². The van der Waals surface area contributed by atoms with E-state index in [-0.39, 0.29) is 17.5 Å². The van der Waals surface area contributed by atoms with Gasteiger partial charge in [-0.1, -0.05) is 99.4 Å². The SMILES string of the molecule is Cc1ccccc1N1c2cccc3c2B(C2=C(C=C4C(C2)C(C)(C)CCC4(C)C)N3c2ccccc2)c2sc3ccccc3c21. The predicted octanol–water partition coefficient (Wildman–Crippen LogP) is 10.3. The van der Waals surface area contributed by atoms with Gasteiger partial charge in [-0.15, -0.1) is 11.3 Å². The van der Waals surface area contributed by atoms with Crippen LogP contribution in [0.3, 0.4) is 0 Å². The van der Waals surface area contributed by atoms with E-state index in [0.717, 1.165) is 6.42 Å². The van der Waals surface area contributed by atoms with Gasteiger partial charge in [0.25, 0.3) is 6.71 Å². The molecule has 4 heteroatoms. The number of nitrogens with zero attached hydrogens (tertiary/aromatic N) is 2. The molecule has 1 atom stereocenters. The Morgan fingerprint density at radius 3 is 2.22 bits per heavy atom. The molecule has 0 spiro atoms. The van der Waals surface area contributed by atoms with Gasteiger partial charge in [0, 0.05) is 43.3 Å². The minimum Gasteiger partial charge on any atom is -0.312 e. The normalized spacial score (nSPS) is 20.8. The summed E-state index contributed by atoms with van der Waals surface area (Å²) in [6.45, 7) is 12.5. The Morgan fingerprint density at radius 1 is 0.733 bits per heavy atom. The van der Waals surface area contributed by atoms with Gasteiger partial charge < -0.3 is 9.80 Å². The zero-order chi connectivity index (χ0) is 30.7. The number of para-hydroxylation sites is 2. The number of hydrogen-bond donors (Lipinski definition) is 0. The van der Waals surface area contributed by atoms with Crippen molar-refractivity contribution in [3.63, 3.8) is 0 Å². The molecule has 0 saturated heterocycles. The number of benzene rings is 4. The van der Waals surface area contributed by atoms with Crippen LogP contribution in [0.25, 0.3) is 10.1 Å². The Labute approximate surface area is 271 Å². The Bertz CT molecular complexity index is 2080.